The fraction of sp³-hybridized carbons (Fsp3) is 0.750. The van der Waals surface area contributed by atoms with Gasteiger partial charge in [0.25, 0.3) is 0 Å². The number of hydrogen-bond donors (Lipinski definition) is 2. The van der Waals surface area contributed by atoms with Crippen LogP contribution in [0.1, 0.15) is 51.8 Å². The molecular formula is C12H19N3O3. The monoisotopic (exact) mass is 253 g/mol. The van der Waals surface area contributed by atoms with E-state index in [0.717, 1.165) is 6.42 Å². The number of hydrogen-bond acceptors (Lipinski definition) is 5. The van der Waals surface area contributed by atoms with Crippen LogP contribution in [0, 0.1) is 0 Å². The van der Waals surface area contributed by atoms with Crippen molar-refractivity contribution in [1.29, 1.82) is 0 Å². The SMILES string of the molecule is CC(C)(C)c1nnc(CNC2(C(=O)O)CCC2)o1. The molecule has 6 heteroatoms. The van der Waals surface area contributed by atoms with E-state index in [4.69, 9.17) is 9.52 Å². The summed E-state index contributed by atoms with van der Waals surface area (Å²) in [6.45, 7) is 6.27. The van der Waals surface area contributed by atoms with Gasteiger partial charge in [0.2, 0.25) is 11.8 Å². The van der Waals surface area contributed by atoms with Crippen LogP contribution in [0.15, 0.2) is 4.42 Å². The molecule has 0 aromatic carbocycles. The Morgan fingerprint density at radius 1 is 1.44 bits per heavy atom. The molecule has 0 unspecified atom stereocenters. The van der Waals surface area contributed by atoms with Gasteiger partial charge in [0, 0.05) is 5.41 Å². The smallest absolute Gasteiger partial charge is 0.323 e. The number of carbonyl (C=O) groups is 1. The van der Waals surface area contributed by atoms with Crippen LogP contribution in [0.5, 0.6) is 0 Å². The Bertz CT molecular complexity index is 444. The molecule has 1 heterocycles. The highest BCUT2D eigenvalue weighted by Crippen LogP contribution is 2.32. The van der Waals surface area contributed by atoms with E-state index in [0.29, 0.717) is 31.2 Å². The quantitative estimate of drug-likeness (QED) is 0.844. The van der Waals surface area contributed by atoms with Crippen molar-refractivity contribution < 1.29 is 14.3 Å². The predicted molar refractivity (Wildman–Crippen MR) is 64.1 cm³/mol. The second-order valence-corrected chi connectivity index (χ2v) is 5.85. The van der Waals surface area contributed by atoms with Gasteiger partial charge in [-0.3, -0.25) is 10.1 Å². The van der Waals surface area contributed by atoms with E-state index in [1.54, 1.807) is 0 Å². The number of aromatic nitrogens is 2. The zero-order chi connectivity index (χ0) is 13.4. The third-order valence-corrected chi connectivity index (χ3v) is 3.30. The number of aliphatic carboxylic acids is 1. The second kappa shape index (κ2) is 4.35. The fourth-order valence-electron chi connectivity index (χ4n) is 1.87. The Morgan fingerprint density at radius 3 is 2.50 bits per heavy atom. The van der Waals surface area contributed by atoms with E-state index < -0.39 is 11.5 Å². The van der Waals surface area contributed by atoms with Gasteiger partial charge >= 0.3 is 5.97 Å². The molecule has 1 aromatic heterocycles. The van der Waals surface area contributed by atoms with Gasteiger partial charge in [-0.15, -0.1) is 10.2 Å². The Labute approximate surface area is 106 Å². The van der Waals surface area contributed by atoms with Crippen LogP contribution in [0.2, 0.25) is 0 Å². The van der Waals surface area contributed by atoms with Crippen molar-refractivity contribution in [1.82, 2.24) is 15.5 Å². The molecule has 0 saturated heterocycles. The summed E-state index contributed by atoms with van der Waals surface area (Å²) < 4.78 is 5.51. The van der Waals surface area contributed by atoms with Gasteiger partial charge < -0.3 is 9.52 Å². The number of nitrogens with zero attached hydrogens (tertiary/aromatic N) is 2. The Kier molecular flexibility index (Phi) is 3.14. The minimum absolute atomic E-state index is 0.188. The van der Waals surface area contributed by atoms with E-state index in [2.05, 4.69) is 15.5 Å². The van der Waals surface area contributed by atoms with Crippen molar-refractivity contribution in [3.05, 3.63) is 11.8 Å². The number of nitrogens with one attached hydrogen (secondary N) is 1. The maximum absolute atomic E-state index is 11.2. The lowest BCUT2D eigenvalue weighted by atomic mass is 9.77. The summed E-state index contributed by atoms with van der Waals surface area (Å²) in [5.41, 5.74) is -0.984. The predicted octanol–water partition coefficient (Wildman–Crippen LogP) is 1.46. The number of carboxylic acids is 1. The first-order valence-electron chi connectivity index (χ1n) is 6.15. The van der Waals surface area contributed by atoms with Gasteiger partial charge in [-0.25, -0.2) is 0 Å². The van der Waals surface area contributed by atoms with E-state index in [1.165, 1.54) is 0 Å². The third-order valence-electron chi connectivity index (χ3n) is 3.30. The summed E-state index contributed by atoms with van der Waals surface area (Å²) in [6.07, 6.45) is 2.25. The molecule has 1 saturated carbocycles. The van der Waals surface area contributed by atoms with Gasteiger partial charge in [-0.05, 0) is 19.3 Å². The largest absolute Gasteiger partial charge is 0.480 e. The lowest BCUT2D eigenvalue weighted by molar-refractivity contribution is -0.149. The van der Waals surface area contributed by atoms with Crippen molar-refractivity contribution in [2.75, 3.05) is 0 Å². The van der Waals surface area contributed by atoms with E-state index in [9.17, 15) is 4.79 Å². The van der Waals surface area contributed by atoms with Gasteiger partial charge in [-0.1, -0.05) is 20.8 Å². The highest BCUT2D eigenvalue weighted by molar-refractivity contribution is 5.79. The zero-order valence-electron chi connectivity index (χ0n) is 11.0. The molecule has 1 aliphatic carbocycles. The molecule has 2 N–H and O–H groups in total. The summed E-state index contributed by atoms with van der Waals surface area (Å²) in [6, 6.07) is 0. The zero-order valence-corrected chi connectivity index (χ0v) is 11.0. The van der Waals surface area contributed by atoms with Crippen molar-refractivity contribution in [2.45, 2.75) is 57.5 Å². The van der Waals surface area contributed by atoms with Crippen LogP contribution in [-0.4, -0.2) is 26.8 Å². The molecule has 0 atom stereocenters. The molecule has 0 spiro atoms. The second-order valence-electron chi connectivity index (χ2n) is 5.85. The molecule has 100 valence electrons. The molecule has 6 nitrogen and oxygen atoms in total. The normalized spacial score (nSPS) is 18.4. The Balaban J connectivity index is 1.98. The Hall–Kier alpha value is -1.43. The average Bonchev–Trinajstić information content (AvgIpc) is 2.63. The number of carboxylic acid groups (broad SMARTS) is 1. The molecular weight excluding hydrogens is 234 g/mol. The molecule has 1 aliphatic rings. The Morgan fingerprint density at radius 2 is 2.11 bits per heavy atom. The molecule has 0 radical (unpaired) electrons. The molecule has 0 aliphatic heterocycles. The molecule has 1 aromatic rings. The van der Waals surface area contributed by atoms with E-state index in [1.807, 2.05) is 20.8 Å². The standard InChI is InChI=1S/C12H19N3O3/c1-11(2,3)9-15-14-8(18-9)7-13-12(10(16)17)5-4-6-12/h13H,4-7H2,1-3H3,(H,16,17). The van der Waals surface area contributed by atoms with Crippen molar-refractivity contribution in [3.63, 3.8) is 0 Å². The lowest BCUT2D eigenvalue weighted by Crippen LogP contribution is -2.56. The highest BCUT2D eigenvalue weighted by Gasteiger charge is 2.44. The number of rotatable bonds is 4. The summed E-state index contributed by atoms with van der Waals surface area (Å²) in [7, 11) is 0. The summed E-state index contributed by atoms with van der Waals surface area (Å²) in [5, 5.41) is 20.1. The van der Waals surface area contributed by atoms with Crippen LogP contribution in [-0.2, 0) is 16.8 Å². The van der Waals surface area contributed by atoms with Crippen LogP contribution in [0.4, 0.5) is 0 Å². The minimum Gasteiger partial charge on any atom is -0.480 e. The maximum Gasteiger partial charge on any atom is 0.323 e. The van der Waals surface area contributed by atoms with Crippen molar-refractivity contribution >= 4 is 5.97 Å². The first-order valence-corrected chi connectivity index (χ1v) is 6.15. The molecule has 0 bridgehead atoms. The van der Waals surface area contributed by atoms with Gasteiger partial charge in [0.1, 0.15) is 5.54 Å². The average molecular weight is 253 g/mol. The molecule has 18 heavy (non-hydrogen) atoms. The van der Waals surface area contributed by atoms with Crippen LogP contribution < -0.4 is 5.32 Å². The van der Waals surface area contributed by atoms with Gasteiger partial charge in [-0.2, -0.15) is 0 Å². The van der Waals surface area contributed by atoms with Gasteiger partial charge in [0.05, 0.1) is 6.54 Å². The van der Waals surface area contributed by atoms with Crippen LogP contribution >= 0.6 is 0 Å². The highest BCUT2D eigenvalue weighted by atomic mass is 16.4. The van der Waals surface area contributed by atoms with E-state index in [-0.39, 0.29) is 5.41 Å². The lowest BCUT2D eigenvalue weighted by Gasteiger charge is -2.38. The first-order chi connectivity index (χ1) is 8.33. The van der Waals surface area contributed by atoms with Crippen LogP contribution in [0.3, 0.4) is 0 Å². The van der Waals surface area contributed by atoms with E-state index >= 15 is 0 Å². The summed E-state index contributed by atoms with van der Waals surface area (Å²) >= 11 is 0. The molecule has 0 amide bonds. The fourth-order valence-corrected chi connectivity index (χ4v) is 1.87. The first kappa shape index (κ1) is 13.0. The topological polar surface area (TPSA) is 88.2 Å². The van der Waals surface area contributed by atoms with Crippen molar-refractivity contribution in [2.24, 2.45) is 0 Å². The maximum atomic E-state index is 11.2. The molecule has 2 rings (SSSR count). The summed E-state index contributed by atoms with van der Waals surface area (Å²) in [4.78, 5) is 11.2. The molecule has 1 fully saturated rings. The third kappa shape index (κ3) is 2.38. The van der Waals surface area contributed by atoms with Crippen LogP contribution in [0.25, 0.3) is 0 Å². The summed E-state index contributed by atoms with van der Waals surface area (Å²) in [5.74, 6) is 0.203. The van der Waals surface area contributed by atoms with Crippen molar-refractivity contribution in [3.8, 4) is 0 Å². The minimum atomic E-state index is -0.802. The van der Waals surface area contributed by atoms with Gasteiger partial charge in [0.15, 0.2) is 0 Å².